The summed E-state index contributed by atoms with van der Waals surface area (Å²) >= 11 is 11.6. The molecule has 144 valence electrons. The molecule has 1 atom stereocenters. The minimum absolute atomic E-state index is 0.342. The summed E-state index contributed by atoms with van der Waals surface area (Å²) in [7, 11) is 0. The lowest BCUT2D eigenvalue weighted by molar-refractivity contribution is -0.141. The number of aromatic nitrogens is 1. The zero-order chi connectivity index (χ0) is 20.5. The maximum Gasteiger partial charge on any atom is 0.434 e. The van der Waals surface area contributed by atoms with E-state index >= 15 is 0 Å². The van der Waals surface area contributed by atoms with Crippen LogP contribution in [0.25, 0.3) is 0 Å². The highest BCUT2D eigenvalue weighted by atomic mass is 35.5. The average molecular weight is 424 g/mol. The predicted octanol–water partition coefficient (Wildman–Crippen LogP) is 4.06. The topological polar surface area (TPSA) is 85.1 Å². The number of pyridine rings is 1. The van der Waals surface area contributed by atoms with E-state index in [0.717, 1.165) is 6.07 Å². The van der Waals surface area contributed by atoms with Crippen LogP contribution in [0.5, 0.6) is 0 Å². The fourth-order valence-electron chi connectivity index (χ4n) is 2.09. The number of rotatable bonds is 4. The molecule has 0 fully saturated rings. The lowest BCUT2D eigenvalue weighted by Gasteiger charge is -2.17. The van der Waals surface area contributed by atoms with Crippen LogP contribution in [0.4, 0.5) is 23.2 Å². The Balaban J connectivity index is 2.73. The number of carbonyl (C=O) groups is 2. The Morgan fingerprint density at radius 1 is 1.22 bits per heavy atom. The van der Waals surface area contributed by atoms with Crippen LogP contribution in [0.15, 0.2) is 24.4 Å². The van der Waals surface area contributed by atoms with E-state index in [1.807, 2.05) is 0 Å². The first-order valence-corrected chi connectivity index (χ1v) is 8.01. The molecule has 27 heavy (non-hydrogen) atoms. The molecule has 1 heterocycles. The summed E-state index contributed by atoms with van der Waals surface area (Å²) in [5.41, 5.74) is 1.86. The molecule has 0 saturated heterocycles. The molecule has 5 nitrogen and oxygen atoms in total. The Morgan fingerprint density at radius 3 is 2.37 bits per heavy atom. The molecule has 1 aromatic heterocycles. The smallest absolute Gasteiger partial charge is 0.323 e. The Morgan fingerprint density at radius 2 is 1.85 bits per heavy atom. The van der Waals surface area contributed by atoms with Crippen molar-refractivity contribution in [3.05, 3.63) is 57.1 Å². The number of hydrogen-bond donors (Lipinski definition) is 2. The molecule has 3 N–H and O–H groups in total. The van der Waals surface area contributed by atoms with Crippen LogP contribution in [0.1, 0.15) is 28.5 Å². The van der Waals surface area contributed by atoms with E-state index in [4.69, 9.17) is 28.9 Å². The number of nitrogens with one attached hydrogen (secondary N) is 1. The lowest BCUT2D eigenvalue weighted by atomic mass is 10.0. The van der Waals surface area contributed by atoms with Crippen LogP contribution >= 0.6 is 23.2 Å². The molecule has 0 bridgehead atoms. The van der Waals surface area contributed by atoms with Crippen molar-refractivity contribution in [1.29, 1.82) is 0 Å². The monoisotopic (exact) mass is 423 g/mol. The number of carbonyl (C=O) groups excluding carboxylic acids is 2. The van der Waals surface area contributed by atoms with Crippen molar-refractivity contribution < 1.29 is 27.2 Å². The highest BCUT2D eigenvalue weighted by molar-refractivity contribution is 6.39. The molecule has 1 aromatic carbocycles. The Kier molecular flexibility index (Phi) is 6.08. The molecule has 0 aliphatic heterocycles. The minimum Gasteiger partial charge on any atom is -0.323 e. The quantitative estimate of drug-likeness (QED) is 0.573. The van der Waals surface area contributed by atoms with E-state index < -0.39 is 57.3 Å². The van der Waals surface area contributed by atoms with Crippen LogP contribution in [0.3, 0.4) is 0 Å². The van der Waals surface area contributed by atoms with Gasteiger partial charge in [-0.1, -0.05) is 29.3 Å². The van der Waals surface area contributed by atoms with Crippen molar-refractivity contribution in [2.75, 3.05) is 5.32 Å². The average Bonchev–Trinajstić information content (AvgIpc) is 2.53. The molecule has 0 unspecified atom stereocenters. The molecule has 0 aliphatic rings. The van der Waals surface area contributed by atoms with Gasteiger partial charge in [-0.3, -0.25) is 9.59 Å². The third-order valence-corrected chi connectivity index (χ3v) is 4.06. The normalized spacial score (nSPS) is 12.6. The molecule has 0 radical (unpaired) electrons. The summed E-state index contributed by atoms with van der Waals surface area (Å²) < 4.78 is 53.4. The van der Waals surface area contributed by atoms with Gasteiger partial charge in [-0.05, 0) is 19.1 Å². The summed E-state index contributed by atoms with van der Waals surface area (Å²) in [5, 5.41) is 0.710. The second kappa shape index (κ2) is 7.79. The van der Waals surface area contributed by atoms with Crippen molar-refractivity contribution in [3.8, 4) is 0 Å². The van der Waals surface area contributed by atoms with Gasteiger partial charge in [0.15, 0.2) is 5.69 Å². The molecule has 2 rings (SSSR count). The highest BCUT2D eigenvalue weighted by Gasteiger charge is 2.38. The summed E-state index contributed by atoms with van der Waals surface area (Å²) in [5.74, 6) is -3.14. The largest absolute Gasteiger partial charge is 0.434 e. The number of halogens is 6. The number of nitrogens with zero attached hydrogens (tertiary/aromatic N) is 1. The Hall–Kier alpha value is -2.23. The summed E-state index contributed by atoms with van der Waals surface area (Å²) in [6.45, 7) is 1.31. The van der Waals surface area contributed by atoms with Gasteiger partial charge in [0.1, 0.15) is 5.82 Å². The third-order valence-electron chi connectivity index (χ3n) is 3.38. The van der Waals surface area contributed by atoms with Gasteiger partial charge >= 0.3 is 6.18 Å². The second-order valence-electron chi connectivity index (χ2n) is 5.41. The highest BCUT2D eigenvalue weighted by Crippen LogP contribution is 2.39. The van der Waals surface area contributed by atoms with Gasteiger partial charge in [-0.2, -0.15) is 13.2 Å². The molecule has 0 aliphatic carbocycles. The predicted molar refractivity (Wildman–Crippen MR) is 91.4 cm³/mol. The van der Waals surface area contributed by atoms with E-state index in [0.29, 0.717) is 6.20 Å². The zero-order valence-electron chi connectivity index (χ0n) is 13.5. The Labute approximate surface area is 160 Å². The van der Waals surface area contributed by atoms with Crippen molar-refractivity contribution in [3.63, 3.8) is 0 Å². The molecule has 0 spiro atoms. The maximum absolute atomic E-state index is 14.1. The van der Waals surface area contributed by atoms with Crippen LogP contribution in [0.2, 0.25) is 10.0 Å². The standard InChI is InChI=1S/C16H11Cl2F4N3O2/c1-6(23)15(27)25-9-5-24-14(16(20,21)22)12(18)11(9)13(26)10-7(17)3-2-4-8(10)19/h2-6H,23H2,1H3,(H,25,27)/t6-/m0/s1. The van der Waals surface area contributed by atoms with Gasteiger partial charge in [0.2, 0.25) is 11.7 Å². The Bertz CT molecular complexity index is 897. The first-order valence-electron chi connectivity index (χ1n) is 7.26. The third kappa shape index (κ3) is 4.37. The number of anilines is 1. The minimum atomic E-state index is -4.99. The van der Waals surface area contributed by atoms with E-state index in [-0.39, 0.29) is 5.02 Å². The number of benzene rings is 1. The van der Waals surface area contributed by atoms with Gasteiger partial charge in [0.25, 0.3) is 0 Å². The van der Waals surface area contributed by atoms with Crippen molar-refractivity contribution in [2.24, 2.45) is 5.73 Å². The van der Waals surface area contributed by atoms with Gasteiger partial charge in [0, 0.05) is 0 Å². The summed E-state index contributed by atoms with van der Waals surface area (Å²) in [4.78, 5) is 27.7. The maximum atomic E-state index is 14.1. The van der Waals surface area contributed by atoms with E-state index in [1.165, 1.54) is 19.1 Å². The number of hydrogen-bond acceptors (Lipinski definition) is 4. The van der Waals surface area contributed by atoms with Gasteiger partial charge in [-0.15, -0.1) is 0 Å². The van der Waals surface area contributed by atoms with Crippen LogP contribution in [-0.2, 0) is 11.0 Å². The zero-order valence-corrected chi connectivity index (χ0v) is 15.0. The van der Waals surface area contributed by atoms with Crippen LogP contribution in [-0.4, -0.2) is 22.7 Å². The van der Waals surface area contributed by atoms with Gasteiger partial charge in [0.05, 0.1) is 39.1 Å². The van der Waals surface area contributed by atoms with Crippen molar-refractivity contribution in [2.45, 2.75) is 19.1 Å². The number of amides is 1. The molecular weight excluding hydrogens is 413 g/mol. The van der Waals surface area contributed by atoms with Crippen LogP contribution in [0, 0.1) is 5.82 Å². The van der Waals surface area contributed by atoms with Crippen molar-refractivity contribution in [1.82, 2.24) is 4.98 Å². The van der Waals surface area contributed by atoms with E-state index in [2.05, 4.69) is 10.3 Å². The van der Waals surface area contributed by atoms with E-state index in [9.17, 15) is 27.2 Å². The van der Waals surface area contributed by atoms with Gasteiger partial charge in [-0.25, -0.2) is 9.37 Å². The lowest BCUT2D eigenvalue weighted by Crippen LogP contribution is -2.33. The SMILES string of the molecule is C[C@H](N)C(=O)Nc1cnc(C(F)(F)F)c(Cl)c1C(=O)c1c(F)cccc1Cl. The number of ketones is 1. The second-order valence-corrected chi connectivity index (χ2v) is 6.20. The van der Waals surface area contributed by atoms with Gasteiger partial charge < -0.3 is 11.1 Å². The number of alkyl halides is 3. The molecule has 1 amide bonds. The summed E-state index contributed by atoms with van der Waals surface area (Å²) in [6, 6.07) is 2.24. The fraction of sp³-hybridized carbons (Fsp3) is 0.188. The van der Waals surface area contributed by atoms with Crippen molar-refractivity contribution >= 4 is 40.6 Å². The summed E-state index contributed by atoms with van der Waals surface area (Å²) in [6.07, 6.45) is -4.40. The van der Waals surface area contributed by atoms with E-state index in [1.54, 1.807) is 0 Å². The first-order chi connectivity index (χ1) is 12.4. The molecule has 2 aromatic rings. The molecule has 11 heteroatoms. The molecular formula is C16H11Cl2F4N3O2. The molecule has 0 saturated carbocycles. The number of nitrogens with two attached hydrogens (primary N) is 1. The fourth-order valence-corrected chi connectivity index (χ4v) is 2.68. The first kappa shape index (κ1) is 21.1. The van der Waals surface area contributed by atoms with Crippen LogP contribution < -0.4 is 11.1 Å².